The highest BCUT2D eigenvalue weighted by Gasteiger charge is 2.07. The van der Waals surface area contributed by atoms with Gasteiger partial charge in [-0.3, -0.25) is 14.3 Å². The number of hydrogen-bond acceptors (Lipinski definition) is 4. The van der Waals surface area contributed by atoms with E-state index in [4.69, 9.17) is 0 Å². The van der Waals surface area contributed by atoms with Crippen LogP contribution in [-0.4, -0.2) is 21.6 Å². The molecule has 2 aromatic heterocycles. The molecule has 0 aromatic carbocycles. The molecule has 0 aliphatic rings. The summed E-state index contributed by atoms with van der Waals surface area (Å²) in [4.78, 5) is 20.5. The third kappa shape index (κ3) is 2.69. The van der Waals surface area contributed by atoms with Crippen molar-refractivity contribution in [3.8, 4) is 0 Å². The molecule has 6 heteroatoms. The van der Waals surface area contributed by atoms with Crippen LogP contribution in [0.25, 0.3) is 0 Å². The minimum Gasteiger partial charge on any atom is -0.388 e. The van der Waals surface area contributed by atoms with Gasteiger partial charge in [-0.1, -0.05) is 0 Å². The van der Waals surface area contributed by atoms with Gasteiger partial charge in [0.05, 0.1) is 15.8 Å². The summed E-state index contributed by atoms with van der Waals surface area (Å²) in [6, 6.07) is 3.80. The molecule has 0 aliphatic heterocycles. The van der Waals surface area contributed by atoms with Crippen LogP contribution in [0.2, 0.25) is 0 Å². The lowest BCUT2D eigenvalue weighted by Crippen LogP contribution is -2.26. The molecule has 0 unspecified atom stereocenters. The Morgan fingerprint density at radius 2 is 2.22 bits per heavy atom. The number of pyridine rings is 1. The van der Waals surface area contributed by atoms with Crippen LogP contribution in [0.1, 0.15) is 11.5 Å². The molecule has 18 heavy (non-hydrogen) atoms. The number of aryl methyl sites for hydroxylation is 1. The molecule has 0 saturated heterocycles. The molecule has 2 rings (SSSR count). The zero-order valence-corrected chi connectivity index (χ0v) is 12.3. The fourth-order valence-electron chi connectivity index (χ4n) is 1.62. The maximum atomic E-state index is 12.0. The Bertz CT molecular complexity index is 624. The summed E-state index contributed by atoms with van der Waals surface area (Å²) >= 11 is 1.99. The van der Waals surface area contributed by atoms with E-state index in [1.54, 1.807) is 17.0 Å². The monoisotopic (exact) mass is 356 g/mol. The van der Waals surface area contributed by atoms with Crippen molar-refractivity contribution >= 4 is 28.3 Å². The standard InChI is InChI=1S/C12H13IN4O/c1-8-16-6-11(13)12(18)17(8)7-10-5-9(14-2)3-4-15-10/h3-6H,7H2,1-2H3,(H,14,15). The molecule has 0 atom stereocenters. The second-order valence-corrected chi connectivity index (χ2v) is 4.99. The summed E-state index contributed by atoms with van der Waals surface area (Å²) in [5, 5.41) is 3.05. The summed E-state index contributed by atoms with van der Waals surface area (Å²) in [5.74, 6) is 0.692. The highest BCUT2D eigenvalue weighted by atomic mass is 127. The Hall–Kier alpha value is -1.44. The van der Waals surface area contributed by atoms with Crippen LogP contribution in [-0.2, 0) is 6.54 Å². The van der Waals surface area contributed by atoms with Crippen molar-refractivity contribution in [2.24, 2.45) is 0 Å². The number of aromatic nitrogens is 3. The highest BCUT2D eigenvalue weighted by Crippen LogP contribution is 2.08. The summed E-state index contributed by atoms with van der Waals surface area (Å²) in [5.41, 5.74) is 1.78. The summed E-state index contributed by atoms with van der Waals surface area (Å²) in [7, 11) is 1.85. The van der Waals surface area contributed by atoms with Gasteiger partial charge in [0.25, 0.3) is 5.56 Å². The third-order valence-corrected chi connectivity index (χ3v) is 3.37. The highest BCUT2D eigenvalue weighted by molar-refractivity contribution is 14.1. The van der Waals surface area contributed by atoms with Gasteiger partial charge in [-0.05, 0) is 41.6 Å². The summed E-state index contributed by atoms with van der Waals surface area (Å²) in [6.45, 7) is 2.25. The Morgan fingerprint density at radius 3 is 2.94 bits per heavy atom. The smallest absolute Gasteiger partial charge is 0.267 e. The maximum Gasteiger partial charge on any atom is 0.267 e. The van der Waals surface area contributed by atoms with Gasteiger partial charge in [-0.2, -0.15) is 0 Å². The number of hydrogen-bond donors (Lipinski definition) is 1. The minimum absolute atomic E-state index is 0.0280. The van der Waals surface area contributed by atoms with E-state index >= 15 is 0 Å². The number of nitrogens with one attached hydrogen (secondary N) is 1. The van der Waals surface area contributed by atoms with Gasteiger partial charge in [0, 0.05) is 25.1 Å². The van der Waals surface area contributed by atoms with Crippen molar-refractivity contribution in [1.29, 1.82) is 0 Å². The van der Waals surface area contributed by atoms with Crippen LogP contribution in [0, 0.1) is 10.5 Å². The predicted molar refractivity (Wildman–Crippen MR) is 78.8 cm³/mol. The van der Waals surface area contributed by atoms with E-state index in [0.29, 0.717) is 15.9 Å². The van der Waals surface area contributed by atoms with Gasteiger partial charge in [0.1, 0.15) is 5.82 Å². The van der Waals surface area contributed by atoms with Gasteiger partial charge in [-0.25, -0.2) is 4.98 Å². The fraction of sp³-hybridized carbons (Fsp3) is 0.250. The van der Waals surface area contributed by atoms with Gasteiger partial charge in [-0.15, -0.1) is 0 Å². The van der Waals surface area contributed by atoms with Crippen molar-refractivity contribution in [1.82, 2.24) is 14.5 Å². The van der Waals surface area contributed by atoms with Gasteiger partial charge < -0.3 is 5.32 Å². The van der Waals surface area contributed by atoms with Crippen molar-refractivity contribution in [3.05, 3.63) is 50.0 Å². The van der Waals surface area contributed by atoms with E-state index in [9.17, 15) is 4.79 Å². The molecule has 0 bridgehead atoms. The van der Waals surface area contributed by atoms with Crippen molar-refractivity contribution in [3.63, 3.8) is 0 Å². The van der Waals surface area contributed by atoms with Crippen molar-refractivity contribution in [2.45, 2.75) is 13.5 Å². The second kappa shape index (κ2) is 5.47. The Kier molecular flexibility index (Phi) is 3.95. The number of halogens is 1. The zero-order valence-electron chi connectivity index (χ0n) is 10.1. The molecule has 0 amide bonds. The Morgan fingerprint density at radius 1 is 1.44 bits per heavy atom. The number of anilines is 1. The average molecular weight is 356 g/mol. The lowest BCUT2D eigenvalue weighted by molar-refractivity contribution is 0.681. The molecule has 0 spiro atoms. The SMILES string of the molecule is CNc1ccnc(Cn2c(C)ncc(I)c2=O)c1. The number of nitrogens with zero attached hydrogens (tertiary/aromatic N) is 3. The first-order valence-corrected chi connectivity index (χ1v) is 6.54. The topological polar surface area (TPSA) is 59.8 Å². The van der Waals surface area contributed by atoms with E-state index in [2.05, 4.69) is 15.3 Å². The predicted octanol–water partition coefficient (Wildman–Crippen LogP) is 1.64. The van der Waals surface area contributed by atoms with Crippen LogP contribution < -0.4 is 10.9 Å². The lowest BCUT2D eigenvalue weighted by Gasteiger charge is -2.09. The molecule has 0 saturated carbocycles. The summed E-state index contributed by atoms with van der Waals surface area (Å²) < 4.78 is 2.24. The number of rotatable bonds is 3. The normalized spacial score (nSPS) is 10.4. The average Bonchev–Trinajstić information content (AvgIpc) is 2.39. The van der Waals surface area contributed by atoms with Crippen LogP contribution in [0.15, 0.2) is 29.3 Å². The van der Waals surface area contributed by atoms with E-state index in [-0.39, 0.29) is 5.56 Å². The Balaban J connectivity index is 2.40. The second-order valence-electron chi connectivity index (χ2n) is 3.83. The minimum atomic E-state index is -0.0280. The molecular formula is C12H13IN4O. The van der Waals surface area contributed by atoms with Crippen LogP contribution in [0.5, 0.6) is 0 Å². The van der Waals surface area contributed by atoms with Crippen LogP contribution in [0.4, 0.5) is 5.69 Å². The first-order valence-electron chi connectivity index (χ1n) is 5.46. The molecule has 94 valence electrons. The first-order chi connectivity index (χ1) is 8.61. The van der Waals surface area contributed by atoms with Crippen LogP contribution in [0.3, 0.4) is 0 Å². The molecule has 1 N–H and O–H groups in total. The summed E-state index contributed by atoms with van der Waals surface area (Å²) in [6.07, 6.45) is 3.31. The molecule has 0 fully saturated rings. The first kappa shape index (κ1) is 13.0. The van der Waals surface area contributed by atoms with E-state index in [0.717, 1.165) is 11.4 Å². The van der Waals surface area contributed by atoms with E-state index in [1.807, 2.05) is 48.7 Å². The van der Waals surface area contributed by atoms with Crippen molar-refractivity contribution < 1.29 is 0 Å². The Labute approximate surface area is 118 Å². The molecule has 2 heterocycles. The molecule has 0 radical (unpaired) electrons. The molecule has 5 nitrogen and oxygen atoms in total. The molecular weight excluding hydrogens is 343 g/mol. The van der Waals surface area contributed by atoms with Gasteiger partial charge >= 0.3 is 0 Å². The maximum absolute atomic E-state index is 12.0. The molecule has 2 aromatic rings. The zero-order chi connectivity index (χ0) is 13.1. The largest absolute Gasteiger partial charge is 0.388 e. The van der Waals surface area contributed by atoms with Gasteiger partial charge in [0.15, 0.2) is 0 Å². The van der Waals surface area contributed by atoms with E-state index < -0.39 is 0 Å². The van der Waals surface area contributed by atoms with Crippen molar-refractivity contribution in [2.75, 3.05) is 12.4 Å². The third-order valence-electron chi connectivity index (χ3n) is 2.63. The van der Waals surface area contributed by atoms with Gasteiger partial charge in [0.2, 0.25) is 0 Å². The van der Waals surface area contributed by atoms with Crippen LogP contribution >= 0.6 is 22.6 Å². The van der Waals surface area contributed by atoms with E-state index in [1.165, 1.54) is 0 Å². The lowest BCUT2D eigenvalue weighted by atomic mass is 10.3. The quantitative estimate of drug-likeness (QED) is 0.850. The fourth-order valence-corrected chi connectivity index (χ4v) is 2.05. The molecule has 0 aliphatic carbocycles.